The summed E-state index contributed by atoms with van der Waals surface area (Å²) in [7, 11) is 0. The predicted molar refractivity (Wildman–Crippen MR) is 94.2 cm³/mol. The maximum Gasteiger partial charge on any atom is 0.261 e. The minimum absolute atomic E-state index is 0.0213. The summed E-state index contributed by atoms with van der Waals surface area (Å²) in [5.41, 5.74) is 0.718. The summed E-state index contributed by atoms with van der Waals surface area (Å²) >= 11 is 6.12. The van der Waals surface area contributed by atoms with Crippen LogP contribution in [0.1, 0.15) is 61.8 Å². The Hall–Kier alpha value is -1.72. The molecule has 5 nitrogen and oxygen atoms in total. The van der Waals surface area contributed by atoms with E-state index in [1.807, 2.05) is 13.8 Å². The zero-order chi connectivity index (χ0) is 17.4. The van der Waals surface area contributed by atoms with E-state index in [9.17, 15) is 9.59 Å². The first-order chi connectivity index (χ1) is 11.4. The van der Waals surface area contributed by atoms with E-state index in [2.05, 4.69) is 0 Å². The third-order valence-electron chi connectivity index (χ3n) is 4.48. The van der Waals surface area contributed by atoms with Crippen molar-refractivity contribution in [1.82, 2.24) is 9.55 Å². The summed E-state index contributed by atoms with van der Waals surface area (Å²) < 4.78 is 7.16. The standard InChI is InChI=1S/C18H21ClN2O3/c1-10(2)21-17(12-4-6-24-7-5-12)20-16-14(11(3)22)8-13(19)9-15(16)18(21)23/h8-10,12H,4-7H2,1-3H3. The van der Waals surface area contributed by atoms with Crippen LogP contribution in [0.2, 0.25) is 5.02 Å². The van der Waals surface area contributed by atoms with Crippen LogP contribution >= 0.6 is 11.6 Å². The molecule has 1 fully saturated rings. The average Bonchev–Trinajstić information content (AvgIpc) is 2.55. The lowest BCUT2D eigenvalue weighted by Crippen LogP contribution is -2.30. The van der Waals surface area contributed by atoms with Gasteiger partial charge in [0.25, 0.3) is 5.56 Å². The van der Waals surface area contributed by atoms with Gasteiger partial charge < -0.3 is 4.74 Å². The zero-order valence-electron chi connectivity index (χ0n) is 14.1. The van der Waals surface area contributed by atoms with E-state index in [-0.39, 0.29) is 23.3 Å². The van der Waals surface area contributed by atoms with Crippen LogP contribution < -0.4 is 5.56 Å². The Labute approximate surface area is 145 Å². The third-order valence-corrected chi connectivity index (χ3v) is 4.70. The minimum atomic E-state index is -0.144. The Bertz CT molecular complexity index is 851. The number of Topliss-reactive ketones (excluding diaryl/α,β-unsaturated/α-hetero) is 1. The number of benzene rings is 1. The highest BCUT2D eigenvalue weighted by Crippen LogP contribution is 2.29. The second kappa shape index (κ2) is 6.65. The van der Waals surface area contributed by atoms with Crippen molar-refractivity contribution in [2.45, 2.75) is 45.6 Å². The summed E-state index contributed by atoms with van der Waals surface area (Å²) in [6.45, 7) is 6.73. The number of carbonyl (C=O) groups excluding carboxylic acids is 1. The molecule has 1 aromatic heterocycles. The van der Waals surface area contributed by atoms with Crippen molar-refractivity contribution >= 4 is 28.3 Å². The first kappa shape index (κ1) is 17.1. The fourth-order valence-electron chi connectivity index (χ4n) is 3.30. The van der Waals surface area contributed by atoms with Gasteiger partial charge in [0.05, 0.1) is 10.9 Å². The van der Waals surface area contributed by atoms with Crippen LogP contribution in [0.4, 0.5) is 0 Å². The van der Waals surface area contributed by atoms with Gasteiger partial charge in [-0.3, -0.25) is 14.2 Å². The summed E-state index contributed by atoms with van der Waals surface area (Å²) in [4.78, 5) is 29.9. The third kappa shape index (κ3) is 2.98. The molecule has 1 aromatic carbocycles. The van der Waals surface area contributed by atoms with Crippen LogP contribution in [0, 0.1) is 0 Å². The highest BCUT2D eigenvalue weighted by Gasteiger charge is 2.25. The Kier molecular flexibility index (Phi) is 4.74. The van der Waals surface area contributed by atoms with Crippen LogP contribution in [0.15, 0.2) is 16.9 Å². The number of hydrogen-bond donors (Lipinski definition) is 0. The van der Waals surface area contributed by atoms with Gasteiger partial charge in [0.15, 0.2) is 5.78 Å². The first-order valence-corrected chi connectivity index (χ1v) is 8.62. The Morgan fingerprint density at radius 1 is 1.33 bits per heavy atom. The number of fused-ring (bicyclic) bond motifs is 1. The minimum Gasteiger partial charge on any atom is -0.381 e. The second-order valence-corrected chi connectivity index (χ2v) is 6.97. The molecule has 0 atom stereocenters. The molecular weight excluding hydrogens is 328 g/mol. The summed E-state index contributed by atoms with van der Waals surface area (Å²) in [6, 6.07) is 3.17. The number of nitrogens with zero attached hydrogens (tertiary/aromatic N) is 2. The van der Waals surface area contributed by atoms with Gasteiger partial charge in [0, 0.05) is 35.8 Å². The van der Waals surface area contributed by atoms with Crippen molar-refractivity contribution in [1.29, 1.82) is 0 Å². The maximum absolute atomic E-state index is 13.1. The molecule has 0 aliphatic carbocycles. The summed E-state index contributed by atoms with van der Waals surface area (Å²) in [6.07, 6.45) is 1.65. The van der Waals surface area contributed by atoms with Crippen molar-refractivity contribution in [2.75, 3.05) is 13.2 Å². The van der Waals surface area contributed by atoms with E-state index in [0.717, 1.165) is 18.7 Å². The molecule has 2 aromatic rings. The fraction of sp³-hybridized carbons (Fsp3) is 0.500. The fourth-order valence-corrected chi connectivity index (χ4v) is 3.51. The predicted octanol–water partition coefficient (Wildman–Crippen LogP) is 3.73. The number of ketones is 1. The molecular formula is C18H21ClN2O3. The quantitative estimate of drug-likeness (QED) is 0.793. The van der Waals surface area contributed by atoms with Gasteiger partial charge in [-0.05, 0) is 45.7 Å². The van der Waals surface area contributed by atoms with Gasteiger partial charge in [-0.2, -0.15) is 0 Å². The monoisotopic (exact) mass is 348 g/mol. The molecule has 1 aliphatic heterocycles. The first-order valence-electron chi connectivity index (χ1n) is 8.24. The molecule has 1 saturated heterocycles. The van der Waals surface area contributed by atoms with Crippen LogP contribution in [0.5, 0.6) is 0 Å². The van der Waals surface area contributed by atoms with Crippen LogP contribution in [0.3, 0.4) is 0 Å². The Morgan fingerprint density at radius 2 is 2.00 bits per heavy atom. The maximum atomic E-state index is 13.1. The van der Waals surface area contributed by atoms with Gasteiger partial charge in [0.2, 0.25) is 0 Å². The molecule has 0 N–H and O–H groups in total. The molecule has 0 amide bonds. The van der Waals surface area contributed by atoms with Gasteiger partial charge in [-0.25, -0.2) is 4.98 Å². The molecule has 0 saturated carbocycles. The van der Waals surface area contributed by atoms with Crippen LogP contribution in [0.25, 0.3) is 10.9 Å². The van der Waals surface area contributed by atoms with E-state index in [1.165, 1.54) is 6.92 Å². The number of rotatable bonds is 3. The van der Waals surface area contributed by atoms with Gasteiger partial charge in [-0.1, -0.05) is 11.6 Å². The number of ether oxygens (including phenoxy) is 1. The molecule has 0 radical (unpaired) electrons. The van der Waals surface area contributed by atoms with Crippen molar-refractivity contribution in [2.24, 2.45) is 0 Å². The lowest BCUT2D eigenvalue weighted by atomic mass is 9.97. The summed E-state index contributed by atoms with van der Waals surface area (Å²) in [5.74, 6) is 0.763. The SMILES string of the molecule is CC(=O)c1cc(Cl)cc2c(=O)n(C(C)C)c(C3CCOCC3)nc12. The normalized spacial score (nSPS) is 16.0. The Balaban J connectivity index is 2.35. The van der Waals surface area contributed by atoms with Crippen LogP contribution in [-0.4, -0.2) is 28.5 Å². The van der Waals surface area contributed by atoms with E-state index < -0.39 is 0 Å². The molecule has 2 heterocycles. The van der Waals surface area contributed by atoms with E-state index in [0.29, 0.717) is 34.7 Å². The van der Waals surface area contributed by atoms with Crippen molar-refractivity contribution in [3.05, 3.63) is 38.9 Å². The number of carbonyl (C=O) groups is 1. The number of hydrogen-bond acceptors (Lipinski definition) is 4. The molecule has 0 spiro atoms. The molecule has 0 unspecified atom stereocenters. The van der Waals surface area contributed by atoms with E-state index in [4.69, 9.17) is 21.3 Å². The highest BCUT2D eigenvalue weighted by molar-refractivity contribution is 6.32. The molecule has 6 heteroatoms. The lowest BCUT2D eigenvalue weighted by molar-refractivity contribution is 0.0822. The van der Waals surface area contributed by atoms with E-state index >= 15 is 0 Å². The molecule has 0 bridgehead atoms. The number of aromatic nitrogens is 2. The Morgan fingerprint density at radius 3 is 2.58 bits per heavy atom. The average molecular weight is 349 g/mol. The molecule has 24 heavy (non-hydrogen) atoms. The van der Waals surface area contributed by atoms with E-state index in [1.54, 1.807) is 16.7 Å². The second-order valence-electron chi connectivity index (χ2n) is 6.53. The topological polar surface area (TPSA) is 61.2 Å². The van der Waals surface area contributed by atoms with Gasteiger partial charge >= 0.3 is 0 Å². The zero-order valence-corrected chi connectivity index (χ0v) is 14.9. The number of halogens is 1. The molecule has 128 valence electrons. The van der Waals surface area contributed by atoms with Crippen LogP contribution in [-0.2, 0) is 4.74 Å². The highest BCUT2D eigenvalue weighted by atomic mass is 35.5. The van der Waals surface area contributed by atoms with Gasteiger partial charge in [-0.15, -0.1) is 0 Å². The summed E-state index contributed by atoms with van der Waals surface area (Å²) in [5, 5.41) is 0.776. The van der Waals surface area contributed by atoms with Crippen molar-refractivity contribution in [3.63, 3.8) is 0 Å². The van der Waals surface area contributed by atoms with Crippen molar-refractivity contribution in [3.8, 4) is 0 Å². The smallest absolute Gasteiger partial charge is 0.261 e. The largest absolute Gasteiger partial charge is 0.381 e. The lowest BCUT2D eigenvalue weighted by Gasteiger charge is -2.26. The van der Waals surface area contributed by atoms with Crippen molar-refractivity contribution < 1.29 is 9.53 Å². The van der Waals surface area contributed by atoms with Gasteiger partial charge in [0.1, 0.15) is 5.82 Å². The molecule has 3 rings (SSSR count). The molecule has 1 aliphatic rings.